The van der Waals surface area contributed by atoms with Crippen molar-refractivity contribution in [2.75, 3.05) is 13.2 Å². The highest BCUT2D eigenvalue weighted by atomic mass is 16.2. The van der Waals surface area contributed by atoms with E-state index < -0.39 is 5.41 Å². The molecule has 17 heavy (non-hydrogen) atoms. The fourth-order valence-corrected chi connectivity index (χ4v) is 2.33. The molecule has 1 aliphatic rings. The number of hydrogen-bond acceptors (Lipinski definition) is 3. The lowest BCUT2D eigenvalue weighted by atomic mass is 9.81. The van der Waals surface area contributed by atoms with Crippen molar-refractivity contribution in [3.63, 3.8) is 0 Å². The number of unbranched alkanes of at least 4 members (excludes halogenated alkanes) is 1. The van der Waals surface area contributed by atoms with Crippen molar-refractivity contribution in [1.82, 2.24) is 5.32 Å². The minimum Gasteiger partial charge on any atom is -0.396 e. The third-order valence-electron chi connectivity index (χ3n) is 3.48. The number of aliphatic hydroxyl groups is 1. The van der Waals surface area contributed by atoms with Crippen molar-refractivity contribution in [2.45, 2.75) is 51.4 Å². The van der Waals surface area contributed by atoms with Crippen LogP contribution in [0.4, 0.5) is 0 Å². The molecule has 0 spiro atoms. The summed E-state index contributed by atoms with van der Waals surface area (Å²) in [6.07, 6.45) is 7.03. The summed E-state index contributed by atoms with van der Waals surface area (Å²) in [5.74, 6) is -0.111. The molecule has 0 atom stereocenters. The standard InChI is InChI=1S/C13H22N2O2/c14-11-13(7-3-1-2-4-8-13)12(17)15-9-5-6-10-16/h16H,1-10H2,(H,15,17). The number of nitrogens with zero attached hydrogens (tertiary/aromatic N) is 1. The molecule has 0 aromatic carbocycles. The number of rotatable bonds is 5. The van der Waals surface area contributed by atoms with Crippen LogP contribution in [0.1, 0.15) is 51.4 Å². The lowest BCUT2D eigenvalue weighted by Gasteiger charge is -2.23. The van der Waals surface area contributed by atoms with E-state index in [4.69, 9.17) is 5.11 Å². The van der Waals surface area contributed by atoms with Gasteiger partial charge in [-0.05, 0) is 25.7 Å². The predicted molar refractivity (Wildman–Crippen MR) is 65.1 cm³/mol. The number of carbonyl (C=O) groups excluding carboxylic acids is 1. The van der Waals surface area contributed by atoms with Crippen LogP contribution in [0.2, 0.25) is 0 Å². The van der Waals surface area contributed by atoms with E-state index in [0.29, 0.717) is 25.8 Å². The molecule has 0 aromatic rings. The van der Waals surface area contributed by atoms with Gasteiger partial charge >= 0.3 is 0 Å². The molecule has 1 aliphatic carbocycles. The molecule has 0 unspecified atom stereocenters. The topological polar surface area (TPSA) is 73.1 Å². The summed E-state index contributed by atoms with van der Waals surface area (Å²) in [4.78, 5) is 12.1. The van der Waals surface area contributed by atoms with Crippen LogP contribution in [0.5, 0.6) is 0 Å². The summed E-state index contributed by atoms with van der Waals surface area (Å²) in [6, 6.07) is 2.24. The van der Waals surface area contributed by atoms with E-state index in [-0.39, 0.29) is 12.5 Å². The van der Waals surface area contributed by atoms with Gasteiger partial charge in [-0.3, -0.25) is 4.79 Å². The number of hydrogen-bond donors (Lipinski definition) is 2. The van der Waals surface area contributed by atoms with Gasteiger partial charge in [0.1, 0.15) is 5.41 Å². The van der Waals surface area contributed by atoms with Gasteiger partial charge in [-0.2, -0.15) is 5.26 Å². The van der Waals surface area contributed by atoms with Gasteiger partial charge in [0.2, 0.25) is 5.91 Å². The number of aliphatic hydroxyl groups excluding tert-OH is 1. The largest absolute Gasteiger partial charge is 0.396 e. The summed E-state index contributed by atoms with van der Waals surface area (Å²) in [7, 11) is 0. The molecule has 0 radical (unpaired) electrons. The Balaban J connectivity index is 2.47. The van der Waals surface area contributed by atoms with Crippen LogP contribution in [-0.2, 0) is 4.79 Å². The van der Waals surface area contributed by atoms with Gasteiger partial charge in [0, 0.05) is 13.2 Å². The van der Waals surface area contributed by atoms with Crippen molar-refractivity contribution < 1.29 is 9.90 Å². The molecule has 1 rings (SSSR count). The number of amides is 1. The summed E-state index contributed by atoms with van der Waals surface area (Å²) in [6.45, 7) is 0.710. The van der Waals surface area contributed by atoms with E-state index >= 15 is 0 Å². The van der Waals surface area contributed by atoms with Crippen LogP contribution in [0.3, 0.4) is 0 Å². The molecule has 4 nitrogen and oxygen atoms in total. The minimum absolute atomic E-state index is 0.111. The van der Waals surface area contributed by atoms with E-state index in [1.807, 2.05) is 0 Å². The predicted octanol–water partition coefficient (Wildman–Crippen LogP) is 1.74. The number of nitriles is 1. The van der Waals surface area contributed by atoms with Gasteiger partial charge in [0.15, 0.2) is 0 Å². The van der Waals surface area contributed by atoms with Crippen molar-refractivity contribution in [3.8, 4) is 6.07 Å². The smallest absolute Gasteiger partial charge is 0.240 e. The molecular formula is C13H22N2O2. The van der Waals surface area contributed by atoms with E-state index in [1.54, 1.807) is 0 Å². The third kappa shape index (κ3) is 4.01. The fraction of sp³-hybridized carbons (Fsp3) is 0.846. The minimum atomic E-state index is -0.796. The molecule has 4 heteroatoms. The maximum absolute atomic E-state index is 12.1. The molecule has 2 N–H and O–H groups in total. The maximum Gasteiger partial charge on any atom is 0.240 e. The first-order valence-corrected chi connectivity index (χ1v) is 6.55. The monoisotopic (exact) mass is 238 g/mol. The van der Waals surface area contributed by atoms with Crippen LogP contribution in [0, 0.1) is 16.7 Å². The quantitative estimate of drug-likeness (QED) is 0.566. The fourth-order valence-electron chi connectivity index (χ4n) is 2.33. The molecule has 96 valence electrons. The molecule has 0 bridgehead atoms. The van der Waals surface area contributed by atoms with E-state index in [1.165, 1.54) is 0 Å². The highest BCUT2D eigenvalue weighted by Crippen LogP contribution is 2.34. The van der Waals surface area contributed by atoms with Crippen molar-refractivity contribution in [3.05, 3.63) is 0 Å². The average Bonchev–Trinajstić information content (AvgIpc) is 2.60. The second-order valence-corrected chi connectivity index (χ2v) is 4.79. The third-order valence-corrected chi connectivity index (χ3v) is 3.48. The lowest BCUT2D eigenvalue weighted by molar-refractivity contribution is -0.128. The number of nitrogens with one attached hydrogen (secondary N) is 1. The van der Waals surface area contributed by atoms with Crippen molar-refractivity contribution in [2.24, 2.45) is 5.41 Å². The SMILES string of the molecule is N#CC1(C(=O)NCCCCO)CCCCCC1. The Bertz CT molecular complexity index is 276. The zero-order valence-electron chi connectivity index (χ0n) is 10.4. The molecule has 1 saturated carbocycles. The molecular weight excluding hydrogens is 216 g/mol. The normalized spacial score (nSPS) is 19.1. The van der Waals surface area contributed by atoms with Crippen molar-refractivity contribution >= 4 is 5.91 Å². The van der Waals surface area contributed by atoms with Gasteiger partial charge in [-0.1, -0.05) is 25.7 Å². The molecule has 1 fully saturated rings. The van der Waals surface area contributed by atoms with Crippen molar-refractivity contribution in [1.29, 1.82) is 5.26 Å². The van der Waals surface area contributed by atoms with Gasteiger partial charge < -0.3 is 10.4 Å². The summed E-state index contributed by atoms with van der Waals surface area (Å²) >= 11 is 0. The molecule has 0 aliphatic heterocycles. The van der Waals surface area contributed by atoms with Crippen LogP contribution in [0.25, 0.3) is 0 Å². The summed E-state index contributed by atoms with van der Waals surface area (Å²) < 4.78 is 0. The zero-order valence-corrected chi connectivity index (χ0v) is 10.4. The van der Waals surface area contributed by atoms with Gasteiger partial charge in [0.25, 0.3) is 0 Å². The Morgan fingerprint density at radius 3 is 2.41 bits per heavy atom. The Labute approximate surface area is 103 Å². The summed E-state index contributed by atoms with van der Waals surface area (Å²) in [5.41, 5.74) is -0.796. The Morgan fingerprint density at radius 1 is 1.24 bits per heavy atom. The molecule has 0 heterocycles. The Hall–Kier alpha value is -1.08. The molecule has 1 amide bonds. The zero-order chi connectivity index (χ0) is 12.6. The van der Waals surface area contributed by atoms with Gasteiger partial charge in [-0.15, -0.1) is 0 Å². The highest BCUT2D eigenvalue weighted by molar-refractivity contribution is 5.85. The van der Waals surface area contributed by atoms with Crippen LogP contribution >= 0.6 is 0 Å². The highest BCUT2D eigenvalue weighted by Gasteiger charge is 2.38. The molecule has 0 aromatic heterocycles. The van der Waals surface area contributed by atoms with Gasteiger partial charge in [0.05, 0.1) is 6.07 Å². The molecule has 0 saturated heterocycles. The van der Waals surface area contributed by atoms with Crippen LogP contribution in [0.15, 0.2) is 0 Å². The second kappa shape index (κ2) is 7.29. The van der Waals surface area contributed by atoms with E-state index in [0.717, 1.165) is 32.1 Å². The average molecular weight is 238 g/mol. The van der Waals surface area contributed by atoms with Crippen LogP contribution in [-0.4, -0.2) is 24.2 Å². The Kier molecular flexibility index (Phi) is 5.99. The first kappa shape index (κ1) is 14.0. The van der Waals surface area contributed by atoms with Gasteiger partial charge in [-0.25, -0.2) is 0 Å². The van der Waals surface area contributed by atoms with E-state index in [9.17, 15) is 10.1 Å². The van der Waals surface area contributed by atoms with E-state index in [2.05, 4.69) is 11.4 Å². The lowest BCUT2D eigenvalue weighted by Crippen LogP contribution is -2.40. The first-order valence-electron chi connectivity index (χ1n) is 6.55. The Morgan fingerprint density at radius 2 is 1.88 bits per heavy atom. The second-order valence-electron chi connectivity index (χ2n) is 4.79. The number of carbonyl (C=O) groups is 1. The first-order chi connectivity index (χ1) is 8.25. The summed E-state index contributed by atoms with van der Waals surface area (Å²) in [5, 5.41) is 20.8. The van der Waals surface area contributed by atoms with Crippen LogP contribution < -0.4 is 5.32 Å². The maximum atomic E-state index is 12.1.